The van der Waals surface area contributed by atoms with E-state index < -0.39 is 11.8 Å². The number of carbonyl (C=O) groups is 2. The zero-order valence-electron chi connectivity index (χ0n) is 8.99. The van der Waals surface area contributed by atoms with E-state index in [4.69, 9.17) is 9.47 Å². The lowest BCUT2D eigenvalue weighted by Crippen LogP contribution is -2.19. The Morgan fingerprint density at radius 1 is 1.24 bits per heavy atom. The van der Waals surface area contributed by atoms with Crippen molar-refractivity contribution >= 4 is 27.7 Å². The molecule has 1 aliphatic rings. The summed E-state index contributed by atoms with van der Waals surface area (Å²) in [6, 6.07) is 3.07. The number of esters is 1. The molecule has 0 radical (unpaired) electrons. The third kappa shape index (κ3) is 2.26. The molecule has 1 aromatic rings. The van der Waals surface area contributed by atoms with Gasteiger partial charge < -0.3 is 14.2 Å². The predicted molar refractivity (Wildman–Crippen MR) is 61.5 cm³/mol. The summed E-state index contributed by atoms with van der Waals surface area (Å²) >= 11 is 3.21. The number of hydrogen-bond acceptors (Lipinski definition) is 5. The van der Waals surface area contributed by atoms with Crippen molar-refractivity contribution in [1.82, 2.24) is 0 Å². The lowest BCUT2D eigenvalue weighted by atomic mass is 10.1. The third-order valence-corrected chi connectivity index (χ3v) is 2.90. The van der Waals surface area contributed by atoms with Crippen LogP contribution in [0.5, 0.6) is 11.5 Å². The fourth-order valence-corrected chi connectivity index (χ4v) is 1.94. The molecule has 0 atom stereocenters. The van der Waals surface area contributed by atoms with E-state index in [1.165, 1.54) is 6.07 Å². The quantitative estimate of drug-likeness (QED) is 0.471. The zero-order valence-corrected chi connectivity index (χ0v) is 10.6. The van der Waals surface area contributed by atoms with E-state index in [1.807, 2.05) is 0 Å². The average molecular weight is 301 g/mol. The fourth-order valence-electron chi connectivity index (χ4n) is 1.44. The van der Waals surface area contributed by atoms with E-state index in [9.17, 15) is 9.59 Å². The molecule has 0 aromatic heterocycles. The number of hydrogen-bond donors (Lipinski definition) is 0. The highest BCUT2D eigenvalue weighted by atomic mass is 79.9. The van der Waals surface area contributed by atoms with Crippen LogP contribution in [0.4, 0.5) is 0 Å². The van der Waals surface area contributed by atoms with Crippen LogP contribution in [0.25, 0.3) is 0 Å². The highest BCUT2D eigenvalue weighted by molar-refractivity contribution is 9.10. The Kier molecular flexibility index (Phi) is 3.33. The number of rotatable bonds is 2. The molecule has 1 aromatic carbocycles. The van der Waals surface area contributed by atoms with Gasteiger partial charge in [-0.05, 0) is 28.1 Å². The number of carbonyl (C=O) groups excluding carboxylic acids is 2. The van der Waals surface area contributed by atoms with Gasteiger partial charge in [-0.1, -0.05) is 0 Å². The van der Waals surface area contributed by atoms with Gasteiger partial charge >= 0.3 is 5.97 Å². The van der Waals surface area contributed by atoms with Crippen LogP contribution in [0.1, 0.15) is 10.4 Å². The van der Waals surface area contributed by atoms with E-state index >= 15 is 0 Å². The highest BCUT2D eigenvalue weighted by Gasteiger charge is 2.23. The molecule has 0 unspecified atom stereocenters. The Morgan fingerprint density at radius 3 is 2.41 bits per heavy atom. The van der Waals surface area contributed by atoms with Crippen molar-refractivity contribution in [2.24, 2.45) is 0 Å². The first-order chi connectivity index (χ1) is 8.13. The Labute approximate surface area is 106 Å². The van der Waals surface area contributed by atoms with E-state index in [-0.39, 0.29) is 5.56 Å². The maximum Gasteiger partial charge on any atom is 0.379 e. The summed E-state index contributed by atoms with van der Waals surface area (Å²) < 4.78 is 15.5. The van der Waals surface area contributed by atoms with E-state index in [0.29, 0.717) is 29.2 Å². The Morgan fingerprint density at radius 2 is 1.82 bits per heavy atom. The maximum absolute atomic E-state index is 11.7. The fraction of sp³-hybridized carbons (Fsp3) is 0.273. The van der Waals surface area contributed by atoms with Crippen molar-refractivity contribution in [3.8, 4) is 11.5 Å². The molecule has 0 saturated carbocycles. The largest absolute Gasteiger partial charge is 0.486 e. The Balaban J connectivity index is 2.41. The molecule has 0 saturated heterocycles. The van der Waals surface area contributed by atoms with Gasteiger partial charge in [0.1, 0.15) is 13.2 Å². The molecule has 0 fully saturated rings. The topological polar surface area (TPSA) is 61.8 Å². The number of Topliss-reactive ketones (excluding diaryl/α,β-unsaturated/α-hetero) is 1. The first-order valence-electron chi connectivity index (χ1n) is 4.85. The van der Waals surface area contributed by atoms with E-state index in [1.54, 1.807) is 6.07 Å². The number of methoxy groups -OCH3 is 1. The van der Waals surface area contributed by atoms with Gasteiger partial charge in [0, 0.05) is 10.0 Å². The van der Waals surface area contributed by atoms with Crippen molar-refractivity contribution < 1.29 is 23.8 Å². The molecule has 17 heavy (non-hydrogen) atoms. The predicted octanol–water partition coefficient (Wildman–Crippen LogP) is 1.58. The Bertz CT molecular complexity index is 483. The second-order valence-corrected chi connectivity index (χ2v) is 4.15. The molecule has 90 valence electrons. The highest BCUT2D eigenvalue weighted by Crippen LogP contribution is 2.35. The summed E-state index contributed by atoms with van der Waals surface area (Å²) in [6.07, 6.45) is 0. The molecule has 0 N–H and O–H groups in total. The van der Waals surface area contributed by atoms with Crippen molar-refractivity contribution in [2.75, 3.05) is 20.3 Å². The van der Waals surface area contributed by atoms with Crippen LogP contribution < -0.4 is 9.47 Å². The molecule has 0 amide bonds. The summed E-state index contributed by atoms with van der Waals surface area (Å²) in [5.74, 6) is -0.644. The average Bonchev–Trinajstić information content (AvgIpc) is 2.36. The minimum Gasteiger partial charge on any atom is -0.486 e. The maximum atomic E-state index is 11.7. The van der Waals surface area contributed by atoms with Gasteiger partial charge in [-0.2, -0.15) is 0 Å². The van der Waals surface area contributed by atoms with Crippen molar-refractivity contribution in [1.29, 1.82) is 0 Å². The summed E-state index contributed by atoms with van der Waals surface area (Å²) in [6.45, 7) is 0.879. The number of benzene rings is 1. The van der Waals surface area contributed by atoms with Gasteiger partial charge in [0.05, 0.1) is 7.11 Å². The van der Waals surface area contributed by atoms with Gasteiger partial charge in [-0.3, -0.25) is 4.79 Å². The van der Waals surface area contributed by atoms with Crippen LogP contribution in [-0.4, -0.2) is 32.1 Å². The smallest absolute Gasteiger partial charge is 0.379 e. The number of ether oxygens (including phenoxy) is 3. The SMILES string of the molecule is COC(=O)C(=O)c1cc2c(cc1Br)OCCO2. The summed E-state index contributed by atoms with van der Waals surface area (Å²) in [5.41, 5.74) is 0.195. The minimum atomic E-state index is -0.914. The number of ketones is 1. The molecule has 1 heterocycles. The molecule has 0 spiro atoms. The van der Waals surface area contributed by atoms with Gasteiger partial charge in [0.2, 0.25) is 0 Å². The first kappa shape index (κ1) is 11.9. The lowest BCUT2D eigenvalue weighted by Gasteiger charge is -2.19. The molecule has 0 aliphatic carbocycles. The number of halogens is 1. The van der Waals surface area contributed by atoms with Gasteiger partial charge in [-0.15, -0.1) is 0 Å². The monoisotopic (exact) mass is 300 g/mol. The first-order valence-corrected chi connectivity index (χ1v) is 5.64. The molecular formula is C11H9BrO5. The van der Waals surface area contributed by atoms with Crippen molar-refractivity contribution in [2.45, 2.75) is 0 Å². The molecule has 6 heteroatoms. The van der Waals surface area contributed by atoms with E-state index in [2.05, 4.69) is 20.7 Å². The molecule has 2 rings (SSSR count). The summed E-state index contributed by atoms with van der Waals surface area (Å²) in [4.78, 5) is 22.8. The van der Waals surface area contributed by atoms with Crippen LogP contribution in [0.3, 0.4) is 0 Å². The molecule has 0 bridgehead atoms. The molecule has 1 aliphatic heterocycles. The summed E-state index contributed by atoms with van der Waals surface area (Å²) in [7, 11) is 1.16. The van der Waals surface area contributed by atoms with Crippen LogP contribution >= 0.6 is 15.9 Å². The Hall–Kier alpha value is -1.56. The summed E-state index contributed by atoms with van der Waals surface area (Å²) in [5, 5.41) is 0. The standard InChI is InChI=1S/C11H9BrO5/c1-15-11(14)10(13)6-4-8-9(5-7(6)12)17-3-2-16-8/h4-5H,2-3H2,1H3. The van der Waals surface area contributed by atoms with Crippen LogP contribution in [0, 0.1) is 0 Å². The lowest BCUT2D eigenvalue weighted by molar-refractivity contribution is -0.135. The van der Waals surface area contributed by atoms with Gasteiger partial charge in [0.25, 0.3) is 5.78 Å². The second-order valence-electron chi connectivity index (χ2n) is 3.30. The van der Waals surface area contributed by atoms with Crippen LogP contribution in [0.15, 0.2) is 16.6 Å². The minimum absolute atomic E-state index is 0.195. The molecular weight excluding hydrogens is 292 g/mol. The zero-order chi connectivity index (χ0) is 12.4. The van der Waals surface area contributed by atoms with Gasteiger partial charge in [0.15, 0.2) is 11.5 Å². The normalized spacial score (nSPS) is 13.1. The van der Waals surface area contributed by atoms with Crippen LogP contribution in [0.2, 0.25) is 0 Å². The van der Waals surface area contributed by atoms with Gasteiger partial charge in [-0.25, -0.2) is 4.79 Å². The third-order valence-electron chi connectivity index (χ3n) is 2.25. The number of fused-ring (bicyclic) bond motifs is 1. The molecule has 5 nitrogen and oxygen atoms in total. The van der Waals surface area contributed by atoms with Crippen molar-refractivity contribution in [3.63, 3.8) is 0 Å². The van der Waals surface area contributed by atoms with Crippen LogP contribution in [-0.2, 0) is 9.53 Å². The van der Waals surface area contributed by atoms with Crippen molar-refractivity contribution in [3.05, 3.63) is 22.2 Å². The van der Waals surface area contributed by atoms with E-state index in [0.717, 1.165) is 7.11 Å². The second kappa shape index (κ2) is 4.75.